The van der Waals surface area contributed by atoms with Gasteiger partial charge in [-0.1, -0.05) is 26.0 Å². The van der Waals surface area contributed by atoms with Crippen LogP contribution in [0.5, 0.6) is 0 Å². The third kappa shape index (κ3) is 3.14. The maximum Gasteiger partial charge on any atom is 0.246 e. The normalized spacial score (nSPS) is 10.5. The first kappa shape index (κ1) is 14.0. The number of aryl methyl sites for hydroxylation is 2. The second kappa shape index (κ2) is 6.18. The van der Waals surface area contributed by atoms with Crippen LogP contribution in [-0.4, -0.2) is 20.7 Å². The highest BCUT2D eigenvalue weighted by Gasteiger charge is 2.11. The van der Waals surface area contributed by atoms with Gasteiger partial charge in [0.25, 0.3) is 0 Å². The van der Waals surface area contributed by atoms with E-state index in [1.54, 1.807) is 16.8 Å². The van der Waals surface area contributed by atoms with Gasteiger partial charge in [-0.2, -0.15) is 5.10 Å². The number of carbonyl (C=O) groups is 1. The van der Waals surface area contributed by atoms with Gasteiger partial charge >= 0.3 is 0 Å². The summed E-state index contributed by atoms with van der Waals surface area (Å²) >= 11 is 0. The Balaban J connectivity index is 2.08. The number of carbonyl (C=O) groups excluding carboxylic acids is 1. The summed E-state index contributed by atoms with van der Waals surface area (Å²) in [4.78, 5) is 16.4. The van der Waals surface area contributed by atoms with E-state index in [0.29, 0.717) is 11.4 Å². The first-order valence-corrected chi connectivity index (χ1v) is 6.71. The summed E-state index contributed by atoms with van der Waals surface area (Å²) in [7, 11) is 0. The second-order valence-electron chi connectivity index (χ2n) is 4.44. The van der Waals surface area contributed by atoms with Gasteiger partial charge in [-0.3, -0.25) is 4.79 Å². The van der Waals surface area contributed by atoms with Crippen molar-refractivity contribution in [2.24, 2.45) is 0 Å². The van der Waals surface area contributed by atoms with E-state index in [0.717, 1.165) is 24.5 Å². The van der Waals surface area contributed by atoms with Gasteiger partial charge in [0.2, 0.25) is 5.91 Å². The summed E-state index contributed by atoms with van der Waals surface area (Å²) in [6, 6.07) is 7.17. The smallest absolute Gasteiger partial charge is 0.246 e. The third-order valence-electron chi connectivity index (χ3n) is 2.95. The molecule has 0 unspecified atom stereocenters. The Morgan fingerprint density at radius 2 is 2.05 bits per heavy atom. The van der Waals surface area contributed by atoms with Gasteiger partial charge in [-0.15, -0.1) is 0 Å². The molecule has 106 valence electrons. The number of nitrogens with one attached hydrogen (secondary N) is 1. The molecule has 0 aliphatic rings. The fraction of sp³-hybridized carbons (Fsp3) is 0.357. The Labute approximate surface area is 118 Å². The molecule has 6 nitrogen and oxygen atoms in total. The minimum Gasteiger partial charge on any atom is -0.397 e. The van der Waals surface area contributed by atoms with E-state index < -0.39 is 0 Å². The van der Waals surface area contributed by atoms with Crippen molar-refractivity contribution in [1.82, 2.24) is 14.8 Å². The Morgan fingerprint density at radius 1 is 1.30 bits per heavy atom. The molecule has 0 bridgehead atoms. The molecule has 0 saturated heterocycles. The summed E-state index contributed by atoms with van der Waals surface area (Å²) in [6.45, 7) is 4.13. The number of hydrogen-bond donors (Lipinski definition) is 2. The molecule has 0 saturated carbocycles. The molecule has 0 atom stereocenters. The van der Waals surface area contributed by atoms with Crippen molar-refractivity contribution in [3.8, 4) is 0 Å². The molecule has 6 heteroatoms. The zero-order chi connectivity index (χ0) is 14.5. The second-order valence-corrected chi connectivity index (χ2v) is 4.44. The van der Waals surface area contributed by atoms with Crippen molar-refractivity contribution < 1.29 is 4.79 Å². The number of hydrogen-bond acceptors (Lipinski definition) is 4. The van der Waals surface area contributed by atoms with E-state index >= 15 is 0 Å². The summed E-state index contributed by atoms with van der Waals surface area (Å²) in [5.41, 5.74) is 6.96. The number of anilines is 2. The number of aromatic nitrogens is 3. The molecule has 1 amide bonds. The van der Waals surface area contributed by atoms with Crippen LogP contribution in [-0.2, 0) is 24.2 Å². The van der Waals surface area contributed by atoms with Crippen molar-refractivity contribution in [2.75, 3.05) is 11.1 Å². The number of benzene rings is 1. The van der Waals surface area contributed by atoms with Crippen molar-refractivity contribution >= 4 is 17.3 Å². The van der Waals surface area contributed by atoms with Gasteiger partial charge in [-0.05, 0) is 12.1 Å². The molecule has 1 aromatic carbocycles. The lowest BCUT2D eigenvalue weighted by Crippen LogP contribution is -2.21. The fourth-order valence-electron chi connectivity index (χ4n) is 1.90. The average molecular weight is 273 g/mol. The minimum absolute atomic E-state index is 0.143. The van der Waals surface area contributed by atoms with Crippen LogP contribution in [0.3, 0.4) is 0 Å². The number of nitrogens with two attached hydrogens (primary N) is 1. The number of amides is 1. The highest BCUT2D eigenvalue weighted by atomic mass is 16.2. The molecule has 3 N–H and O–H groups in total. The summed E-state index contributed by atoms with van der Waals surface area (Å²) in [5.74, 6) is 1.41. The van der Waals surface area contributed by atoms with Crippen LogP contribution in [0, 0.1) is 0 Å². The molecular formula is C14H19N5O. The zero-order valence-corrected chi connectivity index (χ0v) is 11.8. The molecule has 20 heavy (non-hydrogen) atoms. The van der Waals surface area contributed by atoms with E-state index in [-0.39, 0.29) is 12.5 Å². The van der Waals surface area contributed by atoms with Crippen LogP contribution in [0.2, 0.25) is 0 Å². The van der Waals surface area contributed by atoms with Gasteiger partial charge in [0.15, 0.2) is 5.82 Å². The van der Waals surface area contributed by atoms with Gasteiger partial charge < -0.3 is 11.1 Å². The maximum atomic E-state index is 12.0. The Bertz CT molecular complexity index is 605. The quantitative estimate of drug-likeness (QED) is 0.811. The van der Waals surface area contributed by atoms with Crippen LogP contribution in [0.15, 0.2) is 24.3 Å². The van der Waals surface area contributed by atoms with Crippen molar-refractivity contribution in [3.05, 3.63) is 35.9 Å². The summed E-state index contributed by atoms with van der Waals surface area (Å²) < 4.78 is 1.65. The molecule has 1 heterocycles. The van der Waals surface area contributed by atoms with Crippen molar-refractivity contribution in [1.29, 1.82) is 0 Å². The monoisotopic (exact) mass is 273 g/mol. The molecule has 0 aliphatic heterocycles. The molecule has 2 aromatic rings. The Morgan fingerprint density at radius 3 is 2.70 bits per heavy atom. The molecule has 1 aromatic heterocycles. The van der Waals surface area contributed by atoms with Gasteiger partial charge in [-0.25, -0.2) is 9.67 Å². The molecule has 0 spiro atoms. The molecule has 0 radical (unpaired) electrons. The lowest BCUT2D eigenvalue weighted by atomic mass is 10.2. The van der Waals surface area contributed by atoms with Crippen LogP contribution in [0.1, 0.15) is 25.5 Å². The fourth-order valence-corrected chi connectivity index (χ4v) is 1.90. The number of nitrogens with zero attached hydrogens (tertiary/aromatic N) is 3. The molecule has 2 rings (SSSR count). The first-order chi connectivity index (χ1) is 9.63. The van der Waals surface area contributed by atoms with Crippen LogP contribution < -0.4 is 11.1 Å². The van der Waals surface area contributed by atoms with Crippen molar-refractivity contribution in [2.45, 2.75) is 33.2 Å². The van der Waals surface area contributed by atoms with Crippen LogP contribution >= 0.6 is 0 Å². The van der Waals surface area contributed by atoms with Gasteiger partial charge in [0.1, 0.15) is 12.4 Å². The van der Waals surface area contributed by atoms with Crippen molar-refractivity contribution in [3.63, 3.8) is 0 Å². The standard InChI is InChI=1S/C14H19N5O/c1-3-12-17-13(4-2)19(18-12)9-14(20)16-11-8-6-5-7-10(11)15/h5-8H,3-4,9,15H2,1-2H3,(H,16,20). The predicted octanol–water partition coefficient (Wildman–Crippen LogP) is 1.62. The highest BCUT2D eigenvalue weighted by Crippen LogP contribution is 2.16. The largest absolute Gasteiger partial charge is 0.397 e. The van der Waals surface area contributed by atoms with E-state index in [1.165, 1.54) is 0 Å². The van der Waals surface area contributed by atoms with E-state index in [9.17, 15) is 4.79 Å². The highest BCUT2D eigenvalue weighted by molar-refractivity contribution is 5.93. The summed E-state index contributed by atoms with van der Waals surface area (Å²) in [5, 5.41) is 7.10. The third-order valence-corrected chi connectivity index (χ3v) is 2.95. The first-order valence-electron chi connectivity index (χ1n) is 6.71. The molecular weight excluding hydrogens is 254 g/mol. The topological polar surface area (TPSA) is 85.8 Å². The van der Waals surface area contributed by atoms with E-state index in [4.69, 9.17) is 5.73 Å². The molecule has 0 fully saturated rings. The van der Waals surface area contributed by atoms with Crippen LogP contribution in [0.25, 0.3) is 0 Å². The molecule has 0 aliphatic carbocycles. The van der Waals surface area contributed by atoms with E-state index in [1.807, 2.05) is 26.0 Å². The number of nitrogen functional groups attached to an aromatic ring is 1. The van der Waals surface area contributed by atoms with Gasteiger partial charge in [0.05, 0.1) is 11.4 Å². The Hall–Kier alpha value is -2.37. The predicted molar refractivity (Wildman–Crippen MR) is 78.3 cm³/mol. The van der Waals surface area contributed by atoms with E-state index in [2.05, 4.69) is 15.4 Å². The van der Waals surface area contributed by atoms with Gasteiger partial charge in [0, 0.05) is 12.8 Å². The number of para-hydroxylation sites is 2. The maximum absolute atomic E-state index is 12.0. The SMILES string of the molecule is CCc1nc(CC)n(CC(=O)Nc2ccccc2N)n1. The zero-order valence-electron chi connectivity index (χ0n) is 11.8. The number of rotatable bonds is 5. The Kier molecular flexibility index (Phi) is 4.34. The lowest BCUT2D eigenvalue weighted by Gasteiger charge is -2.08. The summed E-state index contributed by atoms with van der Waals surface area (Å²) in [6.07, 6.45) is 1.50. The lowest BCUT2D eigenvalue weighted by molar-refractivity contribution is -0.116. The van der Waals surface area contributed by atoms with Crippen LogP contribution in [0.4, 0.5) is 11.4 Å². The minimum atomic E-state index is -0.162. The average Bonchev–Trinajstić information content (AvgIpc) is 2.83.